The third-order valence-corrected chi connectivity index (χ3v) is 2.37. The van der Waals surface area contributed by atoms with Crippen molar-refractivity contribution in [1.82, 2.24) is 4.98 Å². The minimum atomic E-state index is -0.0326. The highest BCUT2D eigenvalue weighted by Gasteiger charge is 2.04. The van der Waals surface area contributed by atoms with Gasteiger partial charge in [-0.2, -0.15) is 0 Å². The topological polar surface area (TPSA) is 90.1 Å². The molecule has 86 valence electrons. The molecule has 1 heterocycles. The van der Waals surface area contributed by atoms with E-state index in [-0.39, 0.29) is 6.04 Å². The molecule has 5 N–H and O–H groups in total. The fourth-order valence-corrected chi connectivity index (χ4v) is 1.48. The van der Waals surface area contributed by atoms with Crippen molar-refractivity contribution in [3.8, 4) is 0 Å². The molecule has 2 aromatic rings. The van der Waals surface area contributed by atoms with Crippen LogP contribution in [0.2, 0.25) is 0 Å². The minimum Gasteiger partial charge on any atom is -0.441 e. The van der Waals surface area contributed by atoms with E-state index in [1.165, 1.54) is 0 Å². The van der Waals surface area contributed by atoms with Crippen LogP contribution in [0.15, 0.2) is 22.6 Å². The first kappa shape index (κ1) is 10.9. The normalized spacial score (nSPS) is 12.9. The van der Waals surface area contributed by atoms with Crippen molar-refractivity contribution < 1.29 is 4.42 Å². The molecule has 0 saturated carbocycles. The maximum atomic E-state index is 5.72. The van der Waals surface area contributed by atoms with Crippen LogP contribution < -0.4 is 16.8 Å². The lowest BCUT2D eigenvalue weighted by Crippen LogP contribution is -2.36. The maximum Gasteiger partial charge on any atom is 0.192 e. The summed E-state index contributed by atoms with van der Waals surface area (Å²) in [6.45, 7) is 2.95. The van der Waals surface area contributed by atoms with Crippen LogP contribution in [0.25, 0.3) is 11.1 Å². The molecular formula is C11H16N4O. The Labute approximate surface area is 93.8 Å². The summed E-state index contributed by atoms with van der Waals surface area (Å²) in [4.78, 5) is 4.26. The monoisotopic (exact) mass is 220 g/mol. The molecule has 0 radical (unpaired) electrons. The Morgan fingerprint density at radius 2 is 2.31 bits per heavy atom. The molecule has 2 rings (SSSR count). The van der Waals surface area contributed by atoms with Gasteiger partial charge in [0.15, 0.2) is 11.5 Å². The fourth-order valence-electron chi connectivity index (χ4n) is 1.48. The van der Waals surface area contributed by atoms with Crippen molar-refractivity contribution in [2.45, 2.75) is 13.0 Å². The van der Waals surface area contributed by atoms with Crippen molar-refractivity contribution in [1.29, 1.82) is 0 Å². The van der Waals surface area contributed by atoms with E-state index in [4.69, 9.17) is 15.9 Å². The molecule has 5 heteroatoms. The van der Waals surface area contributed by atoms with Gasteiger partial charge in [0.2, 0.25) is 0 Å². The summed E-state index contributed by atoms with van der Waals surface area (Å²) < 4.78 is 5.39. The lowest BCUT2D eigenvalue weighted by Gasteiger charge is -2.10. The largest absolute Gasteiger partial charge is 0.441 e. The van der Waals surface area contributed by atoms with Gasteiger partial charge in [-0.15, -0.1) is 0 Å². The predicted octanol–water partition coefficient (Wildman–Crippen LogP) is 0.834. The summed E-state index contributed by atoms with van der Waals surface area (Å²) in [7, 11) is 0. The zero-order valence-corrected chi connectivity index (χ0v) is 9.23. The first-order valence-corrected chi connectivity index (χ1v) is 5.26. The minimum absolute atomic E-state index is 0.0326. The number of benzene rings is 1. The standard InChI is InChI=1S/C11H16N4O/c1-7-15-10-4-9(2-3-11(10)16-7)14-6-8(13)5-12/h2-4,8,14H,5-6,12-13H2,1H3. The van der Waals surface area contributed by atoms with Crippen LogP contribution in [-0.2, 0) is 0 Å². The SMILES string of the molecule is Cc1nc2cc(NCC(N)CN)ccc2o1. The number of fused-ring (bicyclic) bond motifs is 1. The molecule has 0 saturated heterocycles. The molecule has 5 nitrogen and oxygen atoms in total. The van der Waals surface area contributed by atoms with Crippen molar-refractivity contribution in [3.05, 3.63) is 24.1 Å². The van der Waals surface area contributed by atoms with Gasteiger partial charge in [0.25, 0.3) is 0 Å². The Balaban J connectivity index is 2.13. The van der Waals surface area contributed by atoms with Crippen LogP contribution in [-0.4, -0.2) is 24.1 Å². The number of aromatic nitrogens is 1. The number of hydrogen-bond donors (Lipinski definition) is 3. The zero-order chi connectivity index (χ0) is 11.5. The zero-order valence-electron chi connectivity index (χ0n) is 9.23. The summed E-state index contributed by atoms with van der Waals surface area (Å²) in [6.07, 6.45) is 0. The van der Waals surface area contributed by atoms with Gasteiger partial charge in [-0.3, -0.25) is 0 Å². The van der Waals surface area contributed by atoms with Gasteiger partial charge in [0.05, 0.1) is 0 Å². The molecule has 0 fully saturated rings. The number of aryl methyl sites for hydroxylation is 1. The first-order valence-electron chi connectivity index (χ1n) is 5.26. The van der Waals surface area contributed by atoms with Crippen LogP contribution in [0, 0.1) is 6.92 Å². The average molecular weight is 220 g/mol. The maximum absolute atomic E-state index is 5.72. The van der Waals surface area contributed by atoms with Crippen molar-refractivity contribution >= 4 is 16.8 Å². The first-order chi connectivity index (χ1) is 7.69. The molecule has 0 aliphatic carbocycles. The third-order valence-electron chi connectivity index (χ3n) is 2.37. The number of nitrogens with two attached hydrogens (primary N) is 2. The Morgan fingerprint density at radius 1 is 1.50 bits per heavy atom. The van der Waals surface area contributed by atoms with Crippen LogP contribution in [0.1, 0.15) is 5.89 Å². The molecule has 1 aromatic heterocycles. The summed E-state index contributed by atoms with van der Waals surface area (Å²) in [5, 5.41) is 3.21. The summed E-state index contributed by atoms with van der Waals surface area (Å²) in [6, 6.07) is 5.74. The Bertz CT molecular complexity index is 480. The third kappa shape index (κ3) is 2.32. The van der Waals surface area contributed by atoms with E-state index >= 15 is 0 Å². The smallest absolute Gasteiger partial charge is 0.192 e. The number of hydrogen-bond acceptors (Lipinski definition) is 5. The Kier molecular flexibility index (Phi) is 3.07. The second-order valence-electron chi connectivity index (χ2n) is 3.79. The van der Waals surface area contributed by atoms with Gasteiger partial charge < -0.3 is 21.2 Å². The Hall–Kier alpha value is -1.59. The molecule has 0 bridgehead atoms. The van der Waals surface area contributed by atoms with Crippen LogP contribution in [0.3, 0.4) is 0 Å². The summed E-state index contributed by atoms with van der Waals surface area (Å²) in [5.74, 6) is 0.672. The van der Waals surface area contributed by atoms with Gasteiger partial charge in [-0.25, -0.2) is 4.98 Å². The van der Waals surface area contributed by atoms with E-state index in [1.54, 1.807) is 0 Å². The van der Waals surface area contributed by atoms with E-state index in [2.05, 4.69) is 10.3 Å². The predicted molar refractivity (Wildman–Crippen MR) is 64.3 cm³/mol. The number of nitrogens with one attached hydrogen (secondary N) is 1. The van der Waals surface area contributed by atoms with E-state index in [1.807, 2.05) is 25.1 Å². The van der Waals surface area contributed by atoms with Crippen molar-refractivity contribution in [2.75, 3.05) is 18.4 Å². The highest BCUT2D eigenvalue weighted by Crippen LogP contribution is 2.19. The van der Waals surface area contributed by atoms with Gasteiger partial charge in [-0.1, -0.05) is 0 Å². The van der Waals surface area contributed by atoms with Crippen molar-refractivity contribution in [2.24, 2.45) is 11.5 Å². The van der Waals surface area contributed by atoms with Gasteiger partial charge in [0.1, 0.15) is 5.52 Å². The second-order valence-corrected chi connectivity index (χ2v) is 3.79. The second kappa shape index (κ2) is 4.51. The molecule has 0 spiro atoms. The van der Waals surface area contributed by atoms with Crippen LogP contribution in [0.4, 0.5) is 5.69 Å². The highest BCUT2D eigenvalue weighted by molar-refractivity contribution is 5.77. The van der Waals surface area contributed by atoms with Crippen LogP contribution in [0.5, 0.6) is 0 Å². The molecule has 0 aliphatic heterocycles. The summed E-state index contributed by atoms with van der Waals surface area (Å²) >= 11 is 0. The molecule has 0 amide bonds. The number of nitrogens with zero attached hydrogens (tertiary/aromatic N) is 1. The van der Waals surface area contributed by atoms with Gasteiger partial charge >= 0.3 is 0 Å². The summed E-state index contributed by atoms with van der Waals surface area (Å²) in [5.41, 5.74) is 13.8. The van der Waals surface area contributed by atoms with E-state index in [9.17, 15) is 0 Å². The highest BCUT2D eigenvalue weighted by atomic mass is 16.3. The van der Waals surface area contributed by atoms with E-state index < -0.39 is 0 Å². The van der Waals surface area contributed by atoms with E-state index in [0.29, 0.717) is 19.0 Å². The number of oxazole rings is 1. The molecule has 1 aromatic carbocycles. The number of rotatable bonds is 4. The average Bonchev–Trinajstić information content (AvgIpc) is 2.65. The lowest BCUT2D eigenvalue weighted by atomic mass is 10.2. The number of anilines is 1. The van der Waals surface area contributed by atoms with Gasteiger partial charge in [0, 0.05) is 31.7 Å². The molecule has 1 unspecified atom stereocenters. The molecule has 0 aliphatic rings. The fraction of sp³-hybridized carbons (Fsp3) is 0.364. The quantitative estimate of drug-likeness (QED) is 0.710. The molecular weight excluding hydrogens is 204 g/mol. The lowest BCUT2D eigenvalue weighted by molar-refractivity contribution is 0.561. The van der Waals surface area contributed by atoms with Crippen LogP contribution >= 0.6 is 0 Å². The van der Waals surface area contributed by atoms with E-state index in [0.717, 1.165) is 16.8 Å². The Morgan fingerprint density at radius 3 is 3.06 bits per heavy atom. The molecule has 16 heavy (non-hydrogen) atoms. The molecule has 1 atom stereocenters. The van der Waals surface area contributed by atoms with Crippen molar-refractivity contribution in [3.63, 3.8) is 0 Å². The van der Waals surface area contributed by atoms with Gasteiger partial charge in [-0.05, 0) is 18.2 Å².